The van der Waals surface area contributed by atoms with Gasteiger partial charge in [-0.05, 0) is 62.6 Å². The molecule has 2 aliphatic heterocycles. The molecule has 2 heterocycles. The molecule has 54 heavy (non-hydrogen) atoms. The van der Waals surface area contributed by atoms with Crippen LogP contribution in [0.4, 0.5) is 0 Å². The van der Waals surface area contributed by atoms with Crippen LogP contribution in [0.2, 0.25) is 0 Å². The van der Waals surface area contributed by atoms with Gasteiger partial charge in [0.15, 0.2) is 11.5 Å². The van der Waals surface area contributed by atoms with Crippen molar-refractivity contribution in [1.29, 1.82) is 0 Å². The van der Waals surface area contributed by atoms with Crippen molar-refractivity contribution in [2.24, 2.45) is 5.92 Å². The molecule has 3 aliphatic carbocycles. The summed E-state index contributed by atoms with van der Waals surface area (Å²) < 4.78 is 62.2. The highest BCUT2D eigenvalue weighted by atomic mass is 16.6. The molecule has 6 rings (SSSR count). The molecule has 2 bridgehead atoms. The standard InChI is InChI=1S/C40H65NO13/c1-44-11-12-45-13-14-46-15-16-47-17-18-48-19-20-49-21-22-50-23-24-51-25-26-52-27-28-53-34-7-8-40(43)35-29-32-5-6-33(42)37-36(32)39(40,38(34)54-37)9-10-41(35)30-31-3-2-4-31/h5-6,31,34-35,38,42-43H,2-4,7-30H2,1H3/t34?,35?,38-,39-,40+/m0/s1. The molecule has 1 spiro atoms. The Hall–Kier alpha value is -1.66. The molecule has 5 aliphatic rings. The summed E-state index contributed by atoms with van der Waals surface area (Å²) in [5.74, 6) is 1.46. The zero-order valence-corrected chi connectivity index (χ0v) is 32.4. The summed E-state index contributed by atoms with van der Waals surface area (Å²) in [6.07, 6.45) is 6.37. The number of likely N-dealkylation sites (tertiary alicyclic amines) is 1. The Kier molecular flexibility index (Phi) is 16.9. The third-order valence-corrected chi connectivity index (χ3v) is 11.8. The van der Waals surface area contributed by atoms with E-state index < -0.39 is 11.0 Å². The fourth-order valence-electron chi connectivity index (χ4n) is 9.02. The normalized spacial score (nSPS) is 27.2. The lowest BCUT2D eigenvalue weighted by Crippen LogP contribution is -2.77. The molecule has 14 nitrogen and oxygen atoms in total. The number of ether oxygens (including phenoxy) is 11. The summed E-state index contributed by atoms with van der Waals surface area (Å²) in [7, 11) is 1.65. The Morgan fingerprint density at radius 3 is 1.70 bits per heavy atom. The largest absolute Gasteiger partial charge is 0.504 e. The molecule has 0 amide bonds. The molecular formula is C40H65NO13. The number of aliphatic hydroxyl groups is 1. The third-order valence-electron chi connectivity index (χ3n) is 11.8. The highest BCUT2D eigenvalue weighted by molar-refractivity contribution is 5.62. The molecule has 2 unspecified atom stereocenters. The lowest BCUT2D eigenvalue weighted by atomic mass is 9.48. The molecule has 1 aromatic rings. The second kappa shape index (κ2) is 21.8. The van der Waals surface area contributed by atoms with Crippen molar-refractivity contribution in [3.8, 4) is 11.5 Å². The van der Waals surface area contributed by atoms with Crippen LogP contribution < -0.4 is 4.74 Å². The van der Waals surface area contributed by atoms with Gasteiger partial charge in [-0.1, -0.05) is 12.5 Å². The smallest absolute Gasteiger partial charge is 0.165 e. The molecule has 1 saturated heterocycles. The van der Waals surface area contributed by atoms with E-state index in [0.29, 0.717) is 138 Å². The van der Waals surface area contributed by atoms with Gasteiger partial charge in [0, 0.05) is 25.3 Å². The number of benzene rings is 1. The zero-order chi connectivity index (χ0) is 37.5. The molecular weight excluding hydrogens is 702 g/mol. The van der Waals surface area contributed by atoms with Crippen molar-refractivity contribution in [2.45, 2.75) is 74.2 Å². The number of phenols is 1. The van der Waals surface area contributed by atoms with Crippen LogP contribution in [-0.2, 0) is 59.2 Å². The Morgan fingerprint density at radius 2 is 1.20 bits per heavy atom. The molecule has 0 aromatic heterocycles. The minimum absolute atomic E-state index is 0.0617. The maximum Gasteiger partial charge on any atom is 0.165 e. The molecule has 14 heteroatoms. The van der Waals surface area contributed by atoms with E-state index in [4.69, 9.17) is 52.1 Å². The quantitative estimate of drug-likeness (QED) is 0.111. The Morgan fingerprint density at radius 1 is 0.685 bits per heavy atom. The number of rotatable bonds is 30. The molecule has 1 aromatic carbocycles. The van der Waals surface area contributed by atoms with Crippen LogP contribution in [0.25, 0.3) is 0 Å². The van der Waals surface area contributed by atoms with Crippen molar-refractivity contribution in [3.05, 3.63) is 23.3 Å². The van der Waals surface area contributed by atoms with Gasteiger partial charge in [-0.25, -0.2) is 0 Å². The molecule has 2 saturated carbocycles. The van der Waals surface area contributed by atoms with Crippen LogP contribution >= 0.6 is 0 Å². The van der Waals surface area contributed by atoms with Gasteiger partial charge >= 0.3 is 0 Å². The average molecular weight is 768 g/mol. The second-order valence-electron chi connectivity index (χ2n) is 15.0. The van der Waals surface area contributed by atoms with E-state index in [9.17, 15) is 10.2 Å². The van der Waals surface area contributed by atoms with Crippen LogP contribution in [0.15, 0.2) is 12.1 Å². The topological polar surface area (TPSA) is 145 Å². The number of aromatic hydroxyl groups is 1. The highest BCUT2D eigenvalue weighted by Crippen LogP contribution is 2.65. The van der Waals surface area contributed by atoms with Crippen molar-refractivity contribution >= 4 is 0 Å². The van der Waals surface area contributed by atoms with E-state index in [2.05, 4.69) is 4.90 Å². The van der Waals surface area contributed by atoms with Gasteiger partial charge in [0.2, 0.25) is 0 Å². The van der Waals surface area contributed by atoms with Crippen LogP contribution in [0.3, 0.4) is 0 Å². The van der Waals surface area contributed by atoms with Crippen molar-refractivity contribution in [1.82, 2.24) is 4.90 Å². The van der Waals surface area contributed by atoms with E-state index in [1.807, 2.05) is 6.07 Å². The zero-order valence-electron chi connectivity index (χ0n) is 32.4. The van der Waals surface area contributed by atoms with Gasteiger partial charge in [-0.15, -0.1) is 0 Å². The fraction of sp³-hybridized carbons (Fsp3) is 0.850. The van der Waals surface area contributed by atoms with Crippen LogP contribution in [0.1, 0.15) is 49.7 Å². The predicted molar refractivity (Wildman–Crippen MR) is 198 cm³/mol. The number of hydrogen-bond acceptors (Lipinski definition) is 14. The summed E-state index contributed by atoms with van der Waals surface area (Å²) >= 11 is 0. The maximum absolute atomic E-state index is 12.6. The first-order chi connectivity index (χ1) is 26.6. The Labute approximate surface area is 320 Å². The Balaban J connectivity index is 0.756. The van der Waals surface area contributed by atoms with Gasteiger partial charge in [0.25, 0.3) is 0 Å². The van der Waals surface area contributed by atoms with Gasteiger partial charge in [-0.3, -0.25) is 4.90 Å². The third kappa shape index (κ3) is 10.3. The maximum atomic E-state index is 12.6. The summed E-state index contributed by atoms with van der Waals surface area (Å²) in [4.78, 5) is 2.57. The summed E-state index contributed by atoms with van der Waals surface area (Å²) in [5.41, 5.74) is 0.768. The van der Waals surface area contributed by atoms with Crippen LogP contribution in [0, 0.1) is 5.92 Å². The minimum atomic E-state index is -0.903. The summed E-state index contributed by atoms with van der Waals surface area (Å²) in [5, 5.41) is 23.5. The van der Waals surface area contributed by atoms with E-state index in [1.165, 1.54) is 24.8 Å². The monoisotopic (exact) mass is 767 g/mol. The SMILES string of the molecule is COCCOCCOCCOCCOCCOCCOCCOCCOCCOC1CC[C@@]2(O)C3Cc4ccc(O)c5c4[C@@]2(CCN3CC2CCC2)[C@H]1O5. The number of piperidine rings is 1. The summed E-state index contributed by atoms with van der Waals surface area (Å²) in [6, 6.07) is 3.87. The predicted octanol–water partition coefficient (Wildman–Crippen LogP) is 2.51. The average Bonchev–Trinajstić information content (AvgIpc) is 3.51. The van der Waals surface area contributed by atoms with Crippen molar-refractivity contribution in [2.75, 3.05) is 139 Å². The first kappa shape index (κ1) is 42.0. The lowest BCUT2D eigenvalue weighted by Gasteiger charge is -2.64. The van der Waals surface area contributed by atoms with Gasteiger partial charge < -0.3 is 62.3 Å². The van der Waals surface area contributed by atoms with E-state index in [1.54, 1.807) is 13.2 Å². The number of methoxy groups -OCH3 is 1. The molecule has 308 valence electrons. The van der Waals surface area contributed by atoms with Crippen LogP contribution in [0.5, 0.6) is 11.5 Å². The molecule has 2 N–H and O–H groups in total. The van der Waals surface area contributed by atoms with E-state index >= 15 is 0 Å². The van der Waals surface area contributed by atoms with Gasteiger partial charge in [-0.2, -0.15) is 0 Å². The molecule has 0 radical (unpaired) electrons. The fourth-order valence-corrected chi connectivity index (χ4v) is 9.02. The van der Waals surface area contributed by atoms with Gasteiger partial charge in [0.1, 0.15) is 6.10 Å². The minimum Gasteiger partial charge on any atom is -0.504 e. The molecule has 3 fully saturated rings. The second-order valence-corrected chi connectivity index (χ2v) is 15.0. The van der Waals surface area contributed by atoms with E-state index in [-0.39, 0.29) is 24.0 Å². The van der Waals surface area contributed by atoms with Crippen LogP contribution in [-0.4, -0.2) is 178 Å². The lowest BCUT2D eigenvalue weighted by molar-refractivity contribution is -0.218. The molecule has 5 atom stereocenters. The highest BCUT2D eigenvalue weighted by Gasteiger charge is 2.73. The summed E-state index contributed by atoms with van der Waals surface area (Å²) in [6.45, 7) is 11.1. The Bertz CT molecular complexity index is 1240. The first-order valence-corrected chi connectivity index (χ1v) is 20.3. The van der Waals surface area contributed by atoms with Gasteiger partial charge in [0.05, 0.1) is 136 Å². The first-order valence-electron chi connectivity index (χ1n) is 20.3. The van der Waals surface area contributed by atoms with Crippen molar-refractivity contribution in [3.63, 3.8) is 0 Å². The number of hydrogen-bond donors (Lipinski definition) is 2. The number of phenolic OH excluding ortho intramolecular Hbond substituents is 1. The number of nitrogens with zero attached hydrogens (tertiary/aromatic N) is 1. The van der Waals surface area contributed by atoms with Crippen molar-refractivity contribution < 1.29 is 62.3 Å². The van der Waals surface area contributed by atoms with E-state index in [0.717, 1.165) is 37.4 Å².